The largest absolute Gasteiger partial charge is 0.481 e. The van der Waals surface area contributed by atoms with Crippen LogP contribution in [0.3, 0.4) is 0 Å². The van der Waals surface area contributed by atoms with Gasteiger partial charge in [0.1, 0.15) is 5.82 Å². The summed E-state index contributed by atoms with van der Waals surface area (Å²) in [6.07, 6.45) is 0.569. The van der Waals surface area contributed by atoms with Crippen LogP contribution in [0.25, 0.3) is 0 Å². The molecule has 2 nitrogen and oxygen atoms in total. The molecule has 0 amide bonds. The normalized spacial score (nSPS) is 26.5. The lowest BCUT2D eigenvalue weighted by Gasteiger charge is -2.18. The molecule has 2 rings (SSSR count). The molecule has 0 saturated heterocycles. The lowest BCUT2D eigenvalue weighted by Crippen LogP contribution is -2.26. The van der Waals surface area contributed by atoms with Crippen molar-refractivity contribution in [3.05, 3.63) is 35.1 Å². The summed E-state index contributed by atoms with van der Waals surface area (Å²) in [5.74, 6) is -1.23. The van der Waals surface area contributed by atoms with Crippen molar-refractivity contribution < 1.29 is 14.3 Å². The molecule has 1 aliphatic rings. The lowest BCUT2D eigenvalue weighted by molar-refractivity contribution is -0.141. The number of carboxylic acid groups (broad SMARTS) is 1. The Balaban J connectivity index is 2.59. The standard InChI is InChI=1S/C13H15FO2/c1-8-4-5-9(14)6-10(8)13(11(15)16)7-12(13,2)3/h4-6H,7H2,1-3H3,(H,15,16). The summed E-state index contributed by atoms with van der Waals surface area (Å²) >= 11 is 0. The molecule has 0 bridgehead atoms. The van der Waals surface area contributed by atoms with Crippen molar-refractivity contribution in [3.8, 4) is 0 Å². The van der Waals surface area contributed by atoms with Crippen molar-refractivity contribution in [2.24, 2.45) is 5.41 Å². The number of hydrogen-bond donors (Lipinski definition) is 1. The van der Waals surface area contributed by atoms with Gasteiger partial charge in [-0.2, -0.15) is 0 Å². The Labute approximate surface area is 94.1 Å². The minimum absolute atomic E-state index is 0.294. The third-order valence-electron chi connectivity index (χ3n) is 3.76. The first kappa shape index (κ1) is 11.1. The zero-order valence-corrected chi connectivity index (χ0v) is 9.67. The highest BCUT2D eigenvalue weighted by molar-refractivity contribution is 5.87. The smallest absolute Gasteiger partial charge is 0.314 e. The molecule has 1 unspecified atom stereocenters. The van der Waals surface area contributed by atoms with Crippen LogP contribution in [0.2, 0.25) is 0 Å². The van der Waals surface area contributed by atoms with E-state index in [0.717, 1.165) is 5.56 Å². The fourth-order valence-corrected chi connectivity index (χ4v) is 2.61. The molecular formula is C13H15FO2. The van der Waals surface area contributed by atoms with Crippen LogP contribution in [0.4, 0.5) is 4.39 Å². The minimum Gasteiger partial charge on any atom is -0.481 e. The minimum atomic E-state index is -0.904. The van der Waals surface area contributed by atoms with E-state index >= 15 is 0 Å². The van der Waals surface area contributed by atoms with E-state index in [1.807, 2.05) is 20.8 Å². The monoisotopic (exact) mass is 222 g/mol. The summed E-state index contributed by atoms with van der Waals surface area (Å²) in [5.41, 5.74) is 0.260. The molecule has 1 N–H and O–H groups in total. The van der Waals surface area contributed by atoms with Crippen molar-refractivity contribution in [1.29, 1.82) is 0 Å². The molecule has 16 heavy (non-hydrogen) atoms. The van der Waals surface area contributed by atoms with Crippen LogP contribution in [0, 0.1) is 18.2 Å². The van der Waals surface area contributed by atoms with Crippen LogP contribution in [0.15, 0.2) is 18.2 Å². The number of rotatable bonds is 2. The van der Waals surface area contributed by atoms with Crippen LogP contribution in [0.1, 0.15) is 31.4 Å². The molecule has 1 aromatic carbocycles. The van der Waals surface area contributed by atoms with Gasteiger partial charge in [0.15, 0.2) is 0 Å². The zero-order valence-electron chi connectivity index (χ0n) is 9.67. The molecule has 1 atom stereocenters. The number of carboxylic acids is 1. The summed E-state index contributed by atoms with van der Waals surface area (Å²) in [5, 5.41) is 9.39. The van der Waals surface area contributed by atoms with Gasteiger partial charge in [-0.3, -0.25) is 4.79 Å². The van der Waals surface area contributed by atoms with Gasteiger partial charge in [0, 0.05) is 0 Å². The van der Waals surface area contributed by atoms with Crippen molar-refractivity contribution in [2.45, 2.75) is 32.6 Å². The van der Waals surface area contributed by atoms with Crippen LogP contribution in [-0.2, 0) is 10.2 Å². The summed E-state index contributed by atoms with van der Waals surface area (Å²) < 4.78 is 13.2. The number of hydrogen-bond acceptors (Lipinski definition) is 1. The van der Waals surface area contributed by atoms with E-state index in [-0.39, 0.29) is 11.2 Å². The Hall–Kier alpha value is -1.38. The Morgan fingerprint density at radius 2 is 2.00 bits per heavy atom. The summed E-state index contributed by atoms with van der Waals surface area (Å²) in [6, 6.07) is 4.37. The highest BCUT2D eigenvalue weighted by Gasteiger charge is 2.68. The molecule has 86 valence electrons. The fraction of sp³-hybridized carbons (Fsp3) is 0.462. The van der Waals surface area contributed by atoms with Gasteiger partial charge in [-0.25, -0.2) is 4.39 Å². The molecule has 1 aromatic rings. The van der Waals surface area contributed by atoms with Gasteiger partial charge in [0.25, 0.3) is 0 Å². The molecule has 1 fully saturated rings. The second kappa shape index (κ2) is 3.06. The lowest BCUT2D eigenvalue weighted by atomic mass is 9.85. The van der Waals surface area contributed by atoms with Crippen molar-refractivity contribution in [1.82, 2.24) is 0 Å². The second-order valence-corrected chi connectivity index (χ2v) is 5.23. The number of aryl methyl sites for hydroxylation is 1. The predicted molar refractivity (Wildman–Crippen MR) is 58.8 cm³/mol. The van der Waals surface area contributed by atoms with Crippen LogP contribution in [-0.4, -0.2) is 11.1 Å². The van der Waals surface area contributed by atoms with Gasteiger partial charge in [-0.1, -0.05) is 19.9 Å². The second-order valence-electron chi connectivity index (χ2n) is 5.23. The summed E-state index contributed by atoms with van der Waals surface area (Å²) in [4.78, 5) is 11.4. The first-order valence-electron chi connectivity index (χ1n) is 5.31. The zero-order chi connectivity index (χ0) is 12.1. The van der Waals surface area contributed by atoms with Gasteiger partial charge < -0.3 is 5.11 Å². The van der Waals surface area contributed by atoms with Crippen LogP contribution in [0.5, 0.6) is 0 Å². The topological polar surface area (TPSA) is 37.3 Å². The van der Waals surface area contributed by atoms with Crippen molar-refractivity contribution >= 4 is 5.97 Å². The SMILES string of the molecule is Cc1ccc(F)cc1C1(C(=O)O)CC1(C)C. The molecule has 1 aliphatic carbocycles. The average Bonchev–Trinajstić information content (AvgIpc) is 2.75. The van der Waals surface area contributed by atoms with E-state index in [1.165, 1.54) is 12.1 Å². The van der Waals surface area contributed by atoms with E-state index in [2.05, 4.69) is 0 Å². The van der Waals surface area contributed by atoms with Crippen LogP contribution < -0.4 is 0 Å². The first-order chi connectivity index (χ1) is 7.31. The molecule has 0 radical (unpaired) electrons. The van der Waals surface area contributed by atoms with E-state index in [9.17, 15) is 14.3 Å². The van der Waals surface area contributed by atoms with E-state index in [4.69, 9.17) is 0 Å². The molecule has 0 spiro atoms. The predicted octanol–water partition coefficient (Wildman–Crippen LogP) is 2.89. The third kappa shape index (κ3) is 1.27. The number of halogens is 1. The Bertz CT molecular complexity index is 465. The highest BCUT2D eigenvalue weighted by Crippen LogP contribution is 2.65. The average molecular weight is 222 g/mol. The van der Waals surface area contributed by atoms with Gasteiger partial charge in [-0.05, 0) is 42.0 Å². The third-order valence-corrected chi connectivity index (χ3v) is 3.76. The van der Waals surface area contributed by atoms with E-state index < -0.39 is 11.4 Å². The van der Waals surface area contributed by atoms with Crippen LogP contribution >= 0.6 is 0 Å². The Kier molecular flexibility index (Phi) is 2.13. The number of carbonyl (C=O) groups is 1. The molecular weight excluding hydrogens is 207 g/mol. The maximum atomic E-state index is 13.2. The maximum absolute atomic E-state index is 13.2. The van der Waals surface area contributed by atoms with Gasteiger partial charge in [0.05, 0.1) is 5.41 Å². The molecule has 0 heterocycles. The first-order valence-corrected chi connectivity index (χ1v) is 5.31. The summed E-state index contributed by atoms with van der Waals surface area (Å²) in [6.45, 7) is 5.64. The van der Waals surface area contributed by atoms with Crippen molar-refractivity contribution in [3.63, 3.8) is 0 Å². The molecule has 3 heteroatoms. The quantitative estimate of drug-likeness (QED) is 0.835. The summed E-state index contributed by atoms with van der Waals surface area (Å²) in [7, 11) is 0. The highest BCUT2D eigenvalue weighted by atomic mass is 19.1. The number of benzene rings is 1. The molecule has 0 aliphatic heterocycles. The Morgan fingerprint density at radius 1 is 1.44 bits per heavy atom. The van der Waals surface area contributed by atoms with E-state index in [0.29, 0.717) is 12.0 Å². The van der Waals surface area contributed by atoms with E-state index in [1.54, 1.807) is 6.07 Å². The number of aliphatic carboxylic acids is 1. The fourth-order valence-electron chi connectivity index (χ4n) is 2.61. The molecule has 0 aromatic heterocycles. The van der Waals surface area contributed by atoms with Gasteiger partial charge >= 0.3 is 5.97 Å². The Morgan fingerprint density at radius 3 is 2.44 bits per heavy atom. The van der Waals surface area contributed by atoms with Gasteiger partial charge in [0.2, 0.25) is 0 Å². The van der Waals surface area contributed by atoms with Gasteiger partial charge in [-0.15, -0.1) is 0 Å². The van der Waals surface area contributed by atoms with Crippen molar-refractivity contribution in [2.75, 3.05) is 0 Å². The maximum Gasteiger partial charge on any atom is 0.314 e. The molecule has 1 saturated carbocycles.